The van der Waals surface area contributed by atoms with Crippen molar-refractivity contribution in [3.05, 3.63) is 83.9 Å². The Balaban J connectivity index is 1.26. The summed E-state index contributed by atoms with van der Waals surface area (Å²) in [5.41, 5.74) is 4.77. The van der Waals surface area contributed by atoms with Gasteiger partial charge in [-0.05, 0) is 61.7 Å². The molecule has 1 aliphatic carbocycles. The molecule has 7 heteroatoms. The quantitative estimate of drug-likeness (QED) is 0.289. The molecule has 1 atom stereocenters. The maximum absolute atomic E-state index is 13.8. The van der Waals surface area contributed by atoms with Gasteiger partial charge in [0.05, 0.1) is 12.1 Å². The van der Waals surface area contributed by atoms with Crippen LogP contribution in [0.2, 0.25) is 0 Å². The first-order valence-electron chi connectivity index (χ1n) is 13.7. The largest absolute Gasteiger partial charge is 0.436 e. The van der Waals surface area contributed by atoms with E-state index in [4.69, 9.17) is 4.42 Å². The van der Waals surface area contributed by atoms with E-state index in [9.17, 15) is 14.4 Å². The Hall–Kier alpha value is -4.26. The van der Waals surface area contributed by atoms with Crippen LogP contribution in [0.4, 0.5) is 5.69 Å². The highest BCUT2D eigenvalue weighted by atomic mass is 16.3. The number of aromatic nitrogens is 1. The minimum Gasteiger partial charge on any atom is -0.436 e. The van der Waals surface area contributed by atoms with Crippen LogP contribution >= 0.6 is 0 Å². The molecule has 1 aliphatic heterocycles. The Morgan fingerprint density at radius 1 is 0.949 bits per heavy atom. The van der Waals surface area contributed by atoms with E-state index >= 15 is 0 Å². The van der Waals surface area contributed by atoms with Gasteiger partial charge in [0.2, 0.25) is 17.7 Å². The van der Waals surface area contributed by atoms with Crippen LogP contribution in [0.15, 0.2) is 77.2 Å². The van der Waals surface area contributed by atoms with E-state index in [0.717, 1.165) is 54.3 Å². The third kappa shape index (κ3) is 4.97. The van der Waals surface area contributed by atoms with Gasteiger partial charge in [-0.1, -0.05) is 61.2 Å². The molecule has 198 valence electrons. The number of fused-ring (bicyclic) bond motifs is 1. The second-order valence-corrected chi connectivity index (χ2v) is 10.6. The number of anilines is 1. The van der Waals surface area contributed by atoms with Crippen LogP contribution in [0.5, 0.6) is 0 Å². The van der Waals surface area contributed by atoms with Crippen LogP contribution in [-0.4, -0.2) is 33.6 Å². The topological polar surface area (TPSA) is 83.7 Å². The third-order valence-corrected chi connectivity index (χ3v) is 7.88. The van der Waals surface area contributed by atoms with Crippen LogP contribution in [0.3, 0.4) is 0 Å². The average molecular weight is 522 g/mol. The van der Waals surface area contributed by atoms with Crippen molar-refractivity contribution < 1.29 is 18.8 Å². The van der Waals surface area contributed by atoms with Crippen LogP contribution in [0.1, 0.15) is 49.7 Å². The van der Waals surface area contributed by atoms with E-state index in [2.05, 4.69) is 4.98 Å². The van der Waals surface area contributed by atoms with E-state index in [1.165, 1.54) is 4.90 Å². The van der Waals surface area contributed by atoms with Gasteiger partial charge >= 0.3 is 0 Å². The summed E-state index contributed by atoms with van der Waals surface area (Å²) < 4.78 is 5.86. The van der Waals surface area contributed by atoms with E-state index in [1.54, 1.807) is 29.2 Å². The number of oxazole rings is 1. The van der Waals surface area contributed by atoms with Crippen LogP contribution in [-0.2, 0) is 20.9 Å². The summed E-state index contributed by atoms with van der Waals surface area (Å²) in [6, 6.07) is 21.8. The number of amides is 3. The molecule has 0 N–H and O–H groups in total. The fraction of sp³-hybridized carbons (Fsp3) is 0.312. The molecule has 4 aromatic rings. The lowest BCUT2D eigenvalue weighted by Crippen LogP contribution is -2.47. The molecule has 0 radical (unpaired) electrons. The number of rotatable bonds is 6. The highest BCUT2D eigenvalue weighted by Crippen LogP contribution is 2.33. The number of carbonyl (C=O) groups is 3. The van der Waals surface area contributed by atoms with Crippen molar-refractivity contribution in [3.8, 4) is 11.5 Å². The molecule has 2 aliphatic rings. The summed E-state index contributed by atoms with van der Waals surface area (Å²) in [4.78, 5) is 48.1. The molecule has 6 rings (SSSR count). The highest BCUT2D eigenvalue weighted by molar-refractivity contribution is 6.23. The lowest BCUT2D eigenvalue weighted by atomic mass is 9.87. The van der Waals surface area contributed by atoms with E-state index in [-0.39, 0.29) is 30.1 Å². The van der Waals surface area contributed by atoms with Crippen molar-refractivity contribution in [2.45, 2.75) is 58.0 Å². The standard InChI is InChI=1S/C32H31N3O4/c1-21-11-13-22(14-12-21)20-34(31(37)24-7-3-2-4-8-24)27-19-29(36)35(32(27)38)25-17-15-23(16-18-25)30-33-26-9-5-6-10-28(26)39-30/h5-6,9-18,24,27H,2-4,7-8,19-20H2,1H3. The van der Waals surface area contributed by atoms with Crippen molar-refractivity contribution in [2.24, 2.45) is 5.92 Å². The molecule has 1 unspecified atom stereocenters. The third-order valence-electron chi connectivity index (χ3n) is 7.88. The fourth-order valence-corrected chi connectivity index (χ4v) is 5.70. The molecule has 1 saturated heterocycles. The highest BCUT2D eigenvalue weighted by Gasteiger charge is 2.45. The second kappa shape index (κ2) is 10.5. The summed E-state index contributed by atoms with van der Waals surface area (Å²) in [6.45, 7) is 2.32. The van der Waals surface area contributed by atoms with Crippen LogP contribution in [0, 0.1) is 12.8 Å². The zero-order valence-electron chi connectivity index (χ0n) is 22.0. The first-order valence-corrected chi connectivity index (χ1v) is 13.7. The summed E-state index contributed by atoms with van der Waals surface area (Å²) in [6.07, 6.45) is 4.82. The van der Waals surface area contributed by atoms with Gasteiger partial charge in [0.1, 0.15) is 11.6 Å². The van der Waals surface area contributed by atoms with Crippen molar-refractivity contribution in [2.75, 3.05) is 4.90 Å². The molecule has 1 aromatic heterocycles. The van der Waals surface area contributed by atoms with Gasteiger partial charge < -0.3 is 9.32 Å². The second-order valence-electron chi connectivity index (χ2n) is 10.6. The minimum atomic E-state index is -0.815. The van der Waals surface area contributed by atoms with Crippen LogP contribution < -0.4 is 4.90 Å². The number of para-hydroxylation sites is 2. The molecule has 7 nitrogen and oxygen atoms in total. The number of hydrogen-bond donors (Lipinski definition) is 0. The summed E-state index contributed by atoms with van der Waals surface area (Å²) >= 11 is 0. The fourth-order valence-electron chi connectivity index (χ4n) is 5.70. The molecule has 3 aromatic carbocycles. The van der Waals surface area contributed by atoms with Crippen LogP contribution in [0.25, 0.3) is 22.6 Å². The van der Waals surface area contributed by atoms with Crippen molar-refractivity contribution in [1.29, 1.82) is 0 Å². The Labute approximate surface area is 227 Å². The monoisotopic (exact) mass is 521 g/mol. The number of carbonyl (C=O) groups excluding carboxylic acids is 3. The van der Waals surface area contributed by atoms with Crippen molar-refractivity contribution in [1.82, 2.24) is 9.88 Å². The maximum atomic E-state index is 13.8. The van der Waals surface area contributed by atoms with Gasteiger partial charge in [0.15, 0.2) is 5.58 Å². The zero-order chi connectivity index (χ0) is 26.9. The molecule has 1 saturated carbocycles. The first-order chi connectivity index (χ1) is 19.0. The predicted octanol–water partition coefficient (Wildman–Crippen LogP) is 6.04. The maximum Gasteiger partial charge on any atom is 0.257 e. The normalized spacial score (nSPS) is 18.2. The molecule has 2 heterocycles. The molecular formula is C32H31N3O4. The van der Waals surface area contributed by atoms with Gasteiger partial charge in [0.25, 0.3) is 5.91 Å². The smallest absolute Gasteiger partial charge is 0.257 e. The number of benzene rings is 3. The lowest BCUT2D eigenvalue weighted by Gasteiger charge is -2.32. The molecule has 0 spiro atoms. The summed E-state index contributed by atoms with van der Waals surface area (Å²) in [5, 5.41) is 0. The van der Waals surface area contributed by atoms with Crippen molar-refractivity contribution >= 4 is 34.5 Å². The predicted molar refractivity (Wildman–Crippen MR) is 149 cm³/mol. The Morgan fingerprint density at radius 3 is 2.38 bits per heavy atom. The zero-order valence-corrected chi connectivity index (χ0v) is 22.0. The molecule has 2 fully saturated rings. The number of nitrogens with zero attached hydrogens (tertiary/aromatic N) is 3. The van der Waals surface area contributed by atoms with Crippen molar-refractivity contribution in [3.63, 3.8) is 0 Å². The van der Waals surface area contributed by atoms with E-state index < -0.39 is 6.04 Å². The van der Waals surface area contributed by atoms with Gasteiger partial charge in [0, 0.05) is 18.0 Å². The summed E-state index contributed by atoms with van der Waals surface area (Å²) in [7, 11) is 0. The van der Waals surface area contributed by atoms with Gasteiger partial charge in [-0.25, -0.2) is 9.88 Å². The van der Waals surface area contributed by atoms with E-state index in [1.807, 2.05) is 55.5 Å². The average Bonchev–Trinajstić information content (AvgIpc) is 3.53. The lowest BCUT2D eigenvalue weighted by molar-refractivity contribution is -0.143. The Morgan fingerprint density at radius 2 is 1.67 bits per heavy atom. The van der Waals surface area contributed by atoms with E-state index in [0.29, 0.717) is 23.7 Å². The number of imide groups is 1. The Bertz CT molecular complexity index is 1480. The Kier molecular flexibility index (Phi) is 6.73. The molecule has 39 heavy (non-hydrogen) atoms. The first kappa shape index (κ1) is 25.0. The van der Waals surface area contributed by atoms with Gasteiger partial charge in [-0.3, -0.25) is 14.4 Å². The van der Waals surface area contributed by atoms with Gasteiger partial charge in [-0.2, -0.15) is 0 Å². The molecular weight excluding hydrogens is 490 g/mol. The SMILES string of the molecule is Cc1ccc(CN(C(=O)C2CCCCC2)C2CC(=O)N(c3ccc(-c4nc5ccccc5o4)cc3)C2=O)cc1. The number of aryl methyl sites for hydroxylation is 1. The molecule has 0 bridgehead atoms. The number of hydrogen-bond acceptors (Lipinski definition) is 5. The molecule has 3 amide bonds. The minimum absolute atomic E-state index is 0.0178. The summed E-state index contributed by atoms with van der Waals surface area (Å²) in [5.74, 6) is -0.302. The van der Waals surface area contributed by atoms with Gasteiger partial charge in [-0.15, -0.1) is 0 Å².